The Morgan fingerprint density at radius 1 is 0.625 bits per heavy atom. The molecule has 0 saturated heterocycles. The van der Waals surface area contributed by atoms with E-state index in [2.05, 4.69) is 21.0 Å². The Morgan fingerprint density at radius 3 is 1.59 bits per heavy atom. The zero-order valence-electron chi connectivity index (χ0n) is 21.7. The largest absolute Gasteiger partial charge is 0.481 e. The molecule has 1 N–H and O–H groups in total. The van der Waals surface area contributed by atoms with Gasteiger partial charge in [0.1, 0.15) is 0 Å². The summed E-state index contributed by atoms with van der Waals surface area (Å²) in [4.78, 5) is 22.3. The van der Waals surface area contributed by atoms with Gasteiger partial charge in [-0.05, 0) is 44.9 Å². The van der Waals surface area contributed by atoms with Gasteiger partial charge in [0.05, 0.1) is 33.8 Å². The molecule has 32 heavy (non-hydrogen) atoms. The zero-order chi connectivity index (χ0) is 23.9. The molecule has 0 spiro atoms. The van der Waals surface area contributed by atoms with Gasteiger partial charge in [-0.1, -0.05) is 71.1 Å². The minimum atomic E-state index is -0.679. The highest BCUT2D eigenvalue weighted by molar-refractivity contribution is 5.69. The van der Waals surface area contributed by atoms with E-state index in [1.54, 1.807) is 0 Å². The summed E-state index contributed by atoms with van der Waals surface area (Å²) in [5.41, 5.74) is 0. The van der Waals surface area contributed by atoms with Crippen molar-refractivity contribution in [2.75, 3.05) is 33.8 Å². The molecule has 0 aromatic carbocycles. The van der Waals surface area contributed by atoms with Crippen molar-refractivity contribution in [2.24, 2.45) is 0 Å². The predicted octanol–water partition coefficient (Wildman–Crippen LogP) is 7.12. The van der Waals surface area contributed by atoms with Crippen LogP contribution in [-0.2, 0) is 14.3 Å². The first-order chi connectivity index (χ1) is 15.4. The average molecular weight is 457 g/mol. The molecule has 5 nitrogen and oxygen atoms in total. The summed E-state index contributed by atoms with van der Waals surface area (Å²) in [5.74, 6) is -0.696. The summed E-state index contributed by atoms with van der Waals surface area (Å²) in [6, 6.07) is 0. The molecule has 0 aromatic rings. The fourth-order valence-electron chi connectivity index (χ4n) is 4.12. The minimum absolute atomic E-state index is 0.0169. The molecule has 0 aliphatic carbocycles. The van der Waals surface area contributed by atoms with E-state index < -0.39 is 5.97 Å². The standard InChI is InChI=1S/C27H53NO4/c1-4-5-6-7-8-15-20-25-32-27(31)22-17-12-10-14-19-24-28(2,3)23-18-13-9-11-16-21-26(29)30/h4-25H2,1-3H3/p+1. The first kappa shape index (κ1) is 30.9. The van der Waals surface area contributed by atoms with Gasteiger partial charge >= 0.3 is 11.9 Å². The van der Waals surface area contributed by atoms with Crippen LogP contribution in [0.15, 0.2) is 0 Å². The number of ether oxygens (including phenoxy) is 1. The number of esters is 1. The third-order valence-electron chi connectivity index (χ3n) is 6.31. The number of aliphatic carboxylic acids is 1. The Kier molecular flexibility index (Phi) is 21.0. The molecule has 0 rings (SSSR count). The monoisotopic (exact) mass is 456 g/mol. The van der Waals surface area contributed by atoms with Gasteiger partial charge in [0.15, 0.2) is 0 Å². The van der Waals surface area contributed by atoms with Crippen molar-refractivity contribution in [1.82, 2.24) is 0 Å². The van der Waals surface area contributed by atoms with Crippen LogP contribution in [0, 0.1) is 0 Å². The molecule has 0 radical (unpaired) electrons. The molecule has 0 bridgehead atoms. The number of hydrogen-bond acceptors (Lipinski definition) is 3. The normalized spacial score (nSPS) is 11.6. The van der Waals surface area contributed by atoms with E-state index in [1.165, 1.54) is 83.7 Å². The molecule has 0 heterocycles. The molecule has 0 aromatic heterocycles. The molecule has 0 saturated carbocycles. The van der Waals surface area contributed by atoms with Gasteiger partial charge in [-0.2, -0.15) is 0 Å². The van der Waals surface area contributed by atoms with Crippen LogP contribution in [0.3, 0.4) is 0 Å². The van der Waals surface area contributed by atoms with Crippen LogP contribution in [0.5, 0.6) is 0 Å². The SMILES string of the molecule is CCCCCCCCCOC(=O)CCCCCCC[N+](C)(C)CCCCCCCC(=O)O. The third kappa shape index (κ3) is 23.6. The maximum absolute atomic E-state index is 11.8. The number of carbonyl (C=O) groups excluding carboxylic acids is 1. The fourth-order valence-corrected chi connectivity index (χ4v) is 4.12. The lowest BCUT2D eigenvalue weighted by Gasteiger charge is -2.30. The summed E-state index contributed by atoms with van der Waals surface area (Å²) < 4.78 is 6.42. The van der Waals surface area contributed by atoms with Crippen molar-refractivity contribution in [3.8, 4) is 0 Å². The highest BCUT2D eigenvalue weighted by atomic mass is 16.5. The lowest BCUT2D eigenvalue weighted by Crippen LogP contribution is -2.41. The van der Waals surface area contributed by atoms with Gasteiger partial charge in [0.2, 0.25) is 0 Å². The Hall–Kier alpha value is -1.10. The van der Waals surface area contributed by atoms with Crippen molar-refractivity contribution in [1.29, 1.82) is 0 Å². The fraction of sp³-hybridized carbons (Fsp3) is 0.926. The highest BCUT2D eigenvalue weighted by Gasteiger charge is 2.13. The van der Waals surface area contributed by atoms with Crippen molar-refractivity contribution in [3.63, 3.8) is 0 Å². The second kappa shape index (κ2) is 21.7. The summed E-state index contributed by atoms with van der Waals surface area (Å²) >= 11 is 0. The van der Waals surface area contributed by atoms with E-state index >= 15 is 0 Å². The predicted molar refractivity (Wildman–Crippen MR) is 134 cm³/mol. The second-order valence-corrected chi connectivity index (χ2v) is 10.2. The Morgan fingerprint density at radius 2 is 1.06 bits per heavy atom. The van der Waals surface area contributed by atoms with Crippen LogP contribution in [-0.4, -0.2) is 55.3 Å². The average Bonchev–Trinajstić information content (AvgIpc) is 2.74. The van der Waals surface area contributed by atoms with E-state index in [-0.39, 0.29) is 5.97 Å². The molecular formula is C27H54NO4+. The van der Waals surface area contributed by atoms with Crippen LogP contribution in [0.2, 0.25) is 0 Å². The number of quaternary nitrogens is 1. The summed E-state index contributed by atoms with van der Waals surface area (Å²) in [6.45, 7) is 5.24. The number of carbonyl (C=O) groups is 2. The Labute approximate surface area is 198 Å². The van der Waals surface area contributed by atoms with Crippen LogP contribution < -0.4 is 0 Å². The zero-order valence-corrected chi connectivity index (χ0v) is 21.7. The quantitative estimate of drug-likeness (QED) is 0.0953. The van der Waals surface area contributed by atoms with Crippen molar-refractivity contribution in [2.45, 2.75) is 129 Å². The van der Waals surface area contributed by atoms with E-state index in [0.29, 0.717) is 19.4 Å². The second-order valence-electron chi connectivity index (χ2n) is 10.2. The summed E-state index contributed by atoms with van der Waals surface area (Å²) in [6.07, 6.45) is 20.8. The van der Waals surface area contributed by atoms with E-state index in [4.69, 9.17) is 9.84 Å². The van der Waals surface area contributed by atoms with E-state index in [0.717, 1.165) is 43.0 Å². The van der Waals surface area contributed by atoms with Gasteiger partial charge in [0.25, 0.3) is 0 Å². The molecule has 5 heteroatoms. The van der Waals surface area contributed by atoms with Gasteiger partial charge in [0, 0.05) is 12.8 Å². The number of rotatable bonds is 24. The van der Waals surface area contributed by atoms with E-state index in [9.17, 15) is 9.59 Å². The minimum Gasteiger partial charge on any atom is -0.481 e. The molecule has 0 amide bonds. The number of nitrogens with zero attached hydrogens (tertiary/aromatic N) is 1. The maximum atomic E-state index is 11.8. The van der Waals surface area contributed by atoms with Crippen molar-refractivity contribution in [3.05, 3.63) is 0 Å². The number of carboxylic acid groups (broad SMARTS) is 1. The van der Waals surface area contributed by atoms with Crippen LogP contribution >= 0.6 is 0 Å². The summed E-state index contributed by atoms with van der Waals surface area (Å²) in [5, 5.41) is 8.65. The molecular weight excluding hydrogens is 402 g/mol. The van der Waals surface area contributed by atoms with Gasteiger partial charge in [-0.3, -0.25) is 9.59 Å². The van der Waals surface area contributed by atoms with Crippen LogP contribution in [0.25, 0.3) is 0 Å². The van der Waals surface area contributed by atoms with Crippen molar-refractivity contribution >= 4 is 11.9 Å². The Bertz CT molecular complexity index is 451. The molecule has 0 atom stereocenters. The van der Waals surface area contributed by atoms with Gasteiger partial charge < -0.3 is 14.3 Å². The van der Waals surface area contributed by atoms with Gasteiger partial charge in [-0.25, -0.2) is 0 Å². The smallest absolute Gasteiger partial charge is 0.305 e. The first-order valence-corrected chi connectivity index (χ1v) is 13.6. The number of unbranched alkanes of at least 4 members (excludes halogenated alkanes) is 14. The topological polar surface area (TPSA) is 63.6 Å². The summed E-state index contributed by atoms with van der Waals surface area (Å²) in [7, 11) is 4.62. The van der Waals surface area contributed by atoms with Crippen molar-refractivity contribution < 1.29 is 23.9 Å². The highest BCUT2D eigenvalue weighted by Crippen LogP contribution is 2.12. The lowest BCUT2D eigenvalue weighted by molar-refractivity contribution is -0.890. The molecule has 0 aliphatic rings. The third-order valence-corrected chi connectivity index (χ3v) is 6.31. The van der Waals surface area contributed by atoms with E-state index in [1.807, 2.05) is 0 Å². The van der Waals surface area contributed by atoms with Crippen LogP contribution in [0.4, 0.5) is 0 Å². The number of hydrogen-bond donors (Lipinski definition) is 1. The Balaban J connectivity index is 3.42. The number of carboxylic acids is 1. The first-order valence-electron chi connectivity index (χ1n) is 13.6. The molecule has 0 unspecified atom stereocenters. The van der Waals surface area contributed by atoms with Crippen LogP contribution in [0.1, 0.15) is 129 Å². The molecule has 0 fully saturated rings. The lowest BCUT2D eigenvalue weighted by atomic mass is 10.1. The molecule has 0 aliphatic heterocycles. The van der Waals surface area contributed by atoms with Gasteiger partial charge in [-0.15, -0.1) is 0 Å². The maximum Gasteiger partial charge on any atom is 0.305 e. The molecule has 190 valence electrons.